The molecule has 0 fully saturated rings. The summed E-state index contributed by atoms with van der Waals surface area (Å²) in [7, 11) is 0. The van der Waals surface area contributed by atoms with Gasteiger partial charge in [0.25, 0.3) is 0 Å². The summed E-state index contributed by atoms with van der Waals surface area (Å²) in [6.45, 7) is 1.51. The van der Waals surface area contributed by atoms with Crippen LogP contribution in [-0.2, 0) is 6.11 Å². The third kappa shape index (κ3) is 3.29. The van der Waals surface area contributed by atoms with Crippen LogP contribution in [0.1, 0.15) is 11.1 Å². The minimum Gasteiger partial charge on any atom is -0.423 e. The molecule has 0 N–H and O–H groups in total. The largest absolute Gasteiger partial charge is 0.429 e. The van der Waals surface area contributed by atoms with Crippen molar-refractivity contribution in [3.05, 3.63) is 58.9 Å². The van der Waals surface area contributed by atoms with Crippen LogP contribution in [0, 0.1) is 24.4 Å². The van der Waals surface area contributed by atoms with E-state index >= 15 is 0 Å². The van der Waals surface area contributed by atoms with E-state index in [1.54, 1.807) is 0 Å². The third-order valence-corrected chi connectivity index (χ3v) is 2.91. The molecule has 21 heavy (non-hydrogen) atoms. The van der Waals surface area contributed by atoms with Gasteiger partial charge in [0.15, 0.2) is 17.4 Å². The number of ether oxygens (including phenoxy) is 1. The van der Waals surface area contributed by atoms with Crippen molar-refractivity contribution in [1.29, 1.82) is 0 Å². The smallest absolute Gasteiger partial charge is 0.423 e. The Kier molecular flexibility index (Phi) is 4.13. The summed E-state index contributed by atoms with van der Waals surface area (Å²) in [5.41, 5.74) is -0.689. The molecular weight excluding hydrogens is 311 g/mol. The maximum Gasteiger partial charge on any atom is 0.429 e. The van der Waals surface area contributed by atoms with Crippen molar-refractivity contribution in [2.24, 2.45) is 0 Å². The monoisotopic (exact) mass is 320 g/mol. The predicted octanol–water partition coefficient (Wildman–Crippen LogP) is 4.83. The van der Waals surface area contributed by atoms with Crippen LogP contribution in [0.3, 0.4) is 0 Å². The van der Waals surface area contributed by atoms with Gasteiger partial charge >= 0.3 is 6.11 Å². The first-order valence-electron chi connectivity index (χ1n) is 5.72. The van der Waals surface area contributed by atoms with Gasteiger partial charge in [-0.2, -0.15) is 8.78 Å². The van der Waals surface area contributed by atoms with E-state index < -0.39 is 34.9 Å². The number of alkyl halides is 2. The summed E-state index contributed by atoms with van der Waals surface area (Å²) in [6, 6.07) is 4.33. The Hall–Kier alpha value is -1.76. The zero-order chi connectivity index (χ0) is 15.8. The van der Waals surface area contributed by atoms with E-state index in [9.17, 15) is 22.0 Å². The van der Waals surface area contributed by atoms with Gasteiger partial charge in [-0.1, -0.05) is 6.07 Å². The zero-order valence-electron chi connectivity index (χ0n) is 10.6. The van der Waals surface area contributed by atoms with Crippen molar-refractivity contribution in [3.8, 4) is 5.75 Å². The molecule has 0 amide bonds. The maximum atomic E-state index is 13.9. The van der Waals surface area contributed by atoms with Gasteiger partial charge in [-0.25, -0.2) is 13.2 Å². The Morgan fingerprint density at radius 1 is 0.952 bits per heavy atom. The van der Waals surface area contributed by atoms with E-state index in [4.69, 9.17) is 0 Å². The number of rotatable bonds is 3. The van der Waals surface area contributed by atoms with E-state index in [2.05, 4.69) is 17.4 Å². The Labute approximate surface area is 122 Å². The summed E-state index contributed by atoms with van der Waals surface area (Å²) in [5.74, 6) is -5.23. The van der Waals surface area contributed by atoms with Crippen LogP contribution in [0.2, 0.25) is 0 Å². The highest BCUT2D eigenvalue weighted by molar-refractivity contribution is 7.80. The second-order valence-corrected chi connectivity index (χ2v) is 4.86. The molecule has 0 aliphatic rings. The highest BCUT2D eigenvalue weighted by Crippen LogP contribution is 2.36. The number of aryl methyl sites for hydroxylation is 1. The summed E-state index contributed by atoms with van der Waals surface area (Å²) < 4.78 is 72.3. The van der Waals surface area contributed by atoms with Gasteiger partial charge in [-0.15, -0.1) is 12.6 Å². The molecule has 0 unspecified atom stereocenters. The van der Waals surface area contributed by atoms with Gasteiger partial charge in [0.1, 0.15) is 5.82 Å². The van der Waals surface area contributed by atoms with E-state index in [0.29, 0.717) is 17.7 Å². The molecule has 1 nitrogen and oxygen atoms in total. The SMILES string of the molecule is Cc1ccc(C(F)(F)Oc2c(F)cc(S)cc2F)c(F)c1. The first-order valence-corrected chi connectivity index (χ1v) is 6.17. The molecule has 2 aromatic carbocycles. The molecule has 0 radical (unpaired) electrons. The van der Waals surface area contributed by atoms with Crippen molar-refractivity contribution in [2.75, 3.05) is 0 Å². The normalized spacial score (nSPS) is 11.6. The fourth-order valence-electron chi connectivity index (χ4n) is 1.68. The lowest BCUT2D eigenvalue weighted by Gasteiger charge is -2.19. The second kappa shape index (κ2) is 5.55. The number of hydrogen-bond acceptors (Lipinski definition) is 2. The van der Waals surface area contributed by atoms with Crippen molar-refractivity contribution in [2.45, 2.75) is 17.9 Å². The van der Waals surface area contributed by atoms with Crippen molar-refractivity contribution < 1.29 is 26.7 Å². The van der Waals surface area contributed by atoms with Crippen LogP contribution in [0.15, 0.2) is 35.2 Å². The minimum absolute atomic E-state index is 0.0952. The van der Waals surface area contributed by atoms with Crippen molar-refractivity contribution in [1.82, 2.24) is 0 Å². The maximum absolute atomic E-state index is 13.9. The Morgan fingerprint density at radius 3 is 2.05 bits per heavy atom. The second-order valence-electron chi connectivity index (χ2n) is 4.34. The van der Waals surface area contributed by atoms with Crippen molar-refractivity contribution in [3.63, 3.8) is 0 Å². The van der Waals surface area contributed by atoms with Crippen LogP contribution in [0.25, 0.3) is 0 Å². The molecule has 0 bridgehead atoms. The zero-order valence-corrected chi connectivity index (χ0v) is 11.5. The third-order valence-electron chi connectivity index (χ3n) is 2.65. The van der Waals surface area contributed by atoms with Crippen LogP contribution in [0.4, 0.5) is 22.0 Å². The molecule has 2 aromatic rings. The van der Waals surface area contributed by atoms with Gasteiger partial charge in [0, 0.05) is 4.90 Å². The Balaban J connectivity index is 2.42. The number of hydrogen-bond donors (Lipinski definition) is 1. The lowest BCUT2D eigenvalue weighted by molar-refractivity contribution is -0.190. The topological polar surface area (TPSA) is 9.23 Å². The summed E-state index contributed by atoms with van der Waals surface area (Å²) in [5, 5.41) is 0. The van der Waals surface area contributed by atoms with Gasteiger partial charge in [-0.3, -0.25) is 0 Å². The molecule has 2 rings (SSSR count). The Bertz CT molecular complexity index is 664. The standard InChI is InChI=1S/C14H9F5OS/c1-7-2-3-9(10(15)4-7)14(18,19)20-13-11(16)5-8(21)6-12(13)17/h2-6,21H,1H3. The van der Waals surface area contributed by atoms with Crippen LogP contribution >= 0.6 is 12.6 Å². The van der Waals surface area contributed by atoms with E-state index in [1.807, 2.05) is 0 Å². The average Bonchev–Trinajstić information content (AvgIpc) is 2.33. The molecule has 0 aliphatic heterocycles. The molecule has 112 valence electrons. The predicted molar refractivity (Wildman–Crippen MR) is 69.3 cm³/mol. The lowest BCUT2D eigenvalue weighted by atomic mass is 10.1. The molecule has 0 spiro atoms. The highest BCUT2D eigenvalue weighted by atomic mass is 32.1. The Morgan fingerprint density at radius 2 is 1.52 bits per heavy atom. The fraction of sp³-hybridized carbons (Fsp3) is 0.143. The van der Waals surface area contributed by atoms with E-state index in [1.165, 1.54) is 13.0 Å². The molecule has 7 heteroatoms. The fourth-order valence-corrected chi connectivity index (χ4v) is 1.91. The van der Waals surface area contributed by atoms with Gasteiger partial charge < -0.3 is 4.74 Å². The number of thiol groups is 1. The minimum atomic E-state index is -4.22. The van der Waals surface area contributed by atoms with Crippen LogP contribution in [-0.4, -0.2) is 0 Å². The molecule has 0 aliphatic carbocycles. The highest BCUT2D eigenvalue weighted by Gasteiger charge is 2.39. The van der Waals surface area contributed by atoms with Crippen LogP contribution < -0.4 is 4.74 Å². The summed E-state index contributed by atoms with van der Waals surface area (Å²) in [6.07, 6.45) is -4.22. The van der Waals surface area contributed by atoms with Gasteiger partial charge in [0.2, 0.25) is 0 Å². The molecule has 0 saturated carbocycles. The van der Waals surface area contributed by atoms with E-state index in [-0.39, 0.29) is 4.90 Å². The van der Waals surface area contributed by atoms with Crippen molar-refractivity contribution >= 4 is 12.6 Å². The summed E-state index contributed by atoms with van der Waals surface area (Å²) >= 11 is 3.70. The van der Waals surface area contributed by atoms with Crippen LogP contribution in [0.5, 0.6) is 5.75 Å². The first kappa shape index (κ1) is 15.6. The molecule has 0 heterocycles. The number of benzene rings is 2. The summed E-state index contributed by atoms with van der Waals surface area (Å²) in [4.78, 5) is -0.0952. The molecular formula is C14H9F5OS. The average molecular weight is 320 g/mol. The number of halogens is 5. The van der Waals surface area contributed by atoms with Gasteiger partial charge in [0.05, 0.1) is 5.56 Å². The quantitative estimate of drug-likeness (QED) is 0.629. The molecule has 0 saturated heterocycles. The lowest BCUT2D eigenvalue weighted by Crippen LogP contribution is -2.24. The molecule has 0 aromatic heterocycles. The van der Waals surface area contributed by atoms with E-state index in [0.717, 1.165) is 12.1 Å². The first-order chi connectivity index (χ1) is 9.70. The molecule has 0 atom stereocenters. The van der Waals surface area contributed by atoms with Gasteiger partial charge in [-0.05, 0) is 36.8 Å².